The first-order chi connectivity index (χ1) is 10.1. The van der Waals surface area contributed by atoms with Crippen LogP contribution in [0.15, 0.2) is 30.3 Å². The molecule has 0 bridgehead atoms. The van der Waals surface area contributed by atoms with Gasteiger partial charge in [-0.15, -0.1) is 0 Å². The number of piperazine rings is 1. The average molecular weight is 290 g/mol. The molecule has 0 saturated carbocycles. The van der Waals surface area contributed by atoms with Crippen molar-refractivity contribution in [3.63, 3.8) is 0 Å². The highest BCUT2D eigenvalue weighted by atomic mass is 16.5. The Labute approximate surface area is 129 Å². The summed E-state index contributed by atoms with van der Waals surface area (Å²) in [6.45, 7) is 9.86. The Bertz CT molecular complexity index is 407. The molecule has 1 aromatic rings. The standard InChI is InChI=1S/C18H30N2O/c1-14(2)18-12-20(15(3)13-21-4)17(11-19-18)10-16-8-6-5-7-9-16/h5-9,14-15,17-19H,10-13H2,1-4H3. The minimum atomic E-state index is 0.465. The second kappa shape index (κ2) is 7.92. The Morgan fingerprint density at radius 2 is 1.95 bits per heavy atom. The van der Waals surface area contributed by atoms with Gasteiger partial charge in [0.1, 0.15) is 0 Å². The van der Waals surface area contributed by atoms with E-state index in [1.807, 2.05) is 0 Å². The third kappa shape index (κ3) is 4.53. The molecule has 1 aliphatic heterocycles. The number of benzene rings is 1. The minimum absolute atomic E-state index is 0.465. The third-order valence-electron chi connectivity index (χ3n) is 4.59. The summed E-state index contributed by atoms with van der Waals surface area (Å²) in [5.74, 6) is 0.667. The van der Waals surface area contributed by atoms with Crippen molar-refractivity contribution in [2.45, 2.75) is 45.3 Å². The first kappa shape index (κ1) is 16.5. The normalized spacial score (nSPS) is 25.2. The molecule has 3 heteroatoms. The van der Waals surface area contributed by atoms with Crippen LogP contribution in [0.25, 0.3) is 0 Å². The van der Waals surface area contributed by atoms with E-state index >= 15 is 0 Å². The number of rotatable bonds is 6. The maximum atomic E-state index is 5.39. The SMILES string of the molecule is COCC(C)N1CC(C(C)C)NCC1Cc1ccccc1. The van der Waals surface area contributed by atoms with Crippen molar-refractivity contribution in [1.29, 1.82) is 0 Å². The van der Waals surface area contributed by atoms with Crippen LogP contribution in [-0.4, -0.2) is 49.8 Å². The van der Waals surface area contributed by atoms with E-state index in [0.717, 1.165) is 26.1 Å². The van der Waals surface area contributed by atoms with Gasteiger partial charge in [0.15, 0.2) is 0 Å². The second-order valence-electron chi connectivity index (χ2n) is 6.60. The van der Waals surface area contributed by atoms with Gasteiger partial charge in [0.05, 0.1) is 6.61 Å². The Morgan fingerprint density at radius 1 is 1.24 bits per heavy atom. The summed E-state index contributed by atoms with van der Waals surface area (Å²) in [6.07, 6.45) is 1.10. The lowest BCUT2D eigenvalue weighted by atomic mass is 9.95. The molecule has 0 amide bonds. The molecule has 1 fully saturated rings. The van der Waals surface area contributed by atoms with Crippen LogP contribution in [0.2, 0.25) is 0 Å². The summed E-state index contributed by atoms with van der Waals surface area (Å²) < 4.78 is 5.39. The maximum absolute atomic E-state index is 5.39. The zero-order valence-electron chi connectivity index (χ0n) is 13.9. The highest BCUT2D eigenvalue weighted by Crippen LogP contribution is 2.19. The summed E-state index contributed by atoms with van der Waals surface area (Å²) in [4.78, 5) is 2.64. The fourth-order valence-electron chi connectivity index (χ4n) is 3.24. The number of methoxy groups -OCH3 is 1. The molecule has 1 aliphatic rings. The van der Waals surface area contributed by atoms with Crippen molar-refractivity contribution >= 4 is 0 Å². The molecule has 3 atom stereocenters. The van der Waals surface area contributed by atoms with E-state index in [4.69, 9.17) is 4.74 Å². The molecular formula is C18H30N2O. The first-order valence-electron chi connectivity index (χ1n) is 8.13. The molecule has 2 rings (SSSR count). The Balaban J connectivity index is 2.06. The lowest BCUT2D eigenvalue weighted by molar-refractivity contribution is 0.0342. The summed E-state index contributed by atoms with van der Waals surface area (Å²) in [5, 5.41) is 3.73. The summed E-state index contributed by atoms with van der Waals surface area (Å²) >= 11 is 0. The third-order valence-corrected chi connectivity index (χ3v) is 4.59. The van der Waals surface area contributed by atoms with Crippen molar-refractivity contribution in [2.75, 3.05) is 26.8 Å². The van der Waals surface area contributed by atoms with Gasteiger partial charge in [-0.25, -0.2) is 0 Å². The van der Waals surface area contributed by atoms with Crippen molar-refractivity contribution in [2.24, 2.45) is 5.92 Å². The van der Waals surface area contributed by atoms with Crippen molar-refractivity contribution in [3.8, 4) is 0 Å². The highest BCUT2D eigenvalue weighted by molar-refractivity contribution is 5.16. The first-order valence-corrected chi connectivity index (χ1v) is 8.13. The van der Waals surface area contributed by atoms with Crippen LogP contribution >= 0.6 is 0 Å². The Hall–Kier alpha value is -0.900. The smallest absolute Gasteiger partial charge is 0.0615 e. The minimum Gasteiger partial charge on any atom is -0.383 e. The van der Waals surface area contributed by atoms with Crippen molar-refractivity contribution < 1.29 is 4.74 Å². The molecule has 0 aliphatic carbocycles. The van der Waals surface area contributed by atoms with Crippen LogP contribution in [-0.2, 0) is 11.2 Å². The van der Waals surface area contributed by atoms with Gasteiger partial charge in [0.25, 0.3) is 0 Å². The second-order valence-corrected chi connectivity index (χ2v) is 6.60. The van der Waals surface area contributed by atoms with Crippen LogP contribution in [0.5, 0.6) is 0 Å². The Morgan fingerprint density at radius 3 is 2.57 bits per heavy atom. The van der Waals surface area contributed by atoms with E-state index in [-0.39, 0.29) is 0 Å². The van der Waals surface area contributed by atoms with E-state index in [1.165, 1.54) is 5.56 Å². The van der Waals surface area contributed by atoms with Crippen LogP contribution < -0.4 is 5.32 Å². The maximum Gasteiger partial charge on any atom is 0.0615 e. The van der Waals surface area contributed by atoms with Gasteiger partial charge in [-0.1, -0.05) is 44.2 Å². The monoisotopic (exact) mass is 290 g/mol. The molecule has 0 radical (unpaired) electrons. The molecular weight excluding hydrogens is 260 g/mol. The van der Waals surface area contributed by atoms with Crippen LogP contribution in [0.1, 0.15) is 26.3 Å². The van der Waals surface area contributed by atoms with Crippen molar-refractivity contribution in [1.82, 2.24) is 10.2 Å². The number of hydrogen-bond donors (Lipinski definition) is 1. The molecule has 0 aromatic heterocycles. The average Bonchev–Trinajstić information content (AvgIpc) is 2.48. The Kier molecular flexibility index (Phi) is 6.22. The molecule has 118 valence electrons. The number of ether oxygens (including phenoxy) is 1. The van der Waals surface area contributed by atoms with Gasteiger partial charge >= 0.3 is 0 Å². The zero-order valence-corrected chi connectivity index (χ0v) is 13.9. The summed E-state index contributed by atoms with van der Waals surface area (Å²) in [5.41, 5.74) is 1.42. The van der Waals surface area contributed by atoms with Crippen LogP contribution in [0.4, 0.5) is 0 Å². The lowest BCUT2D eigenvalue weighted by Crippen LogP contribution is -2.61. The van der Waals surface area contributed by atoms with Crippen molar-refractivity contribution in [3.05, 3.63) is 35.9 Å². The van der Waals surface area contributed by atoms with E-state index < -0.39 is 0 Å². The van der Waals surface area contributed by atoms with Gasteiger partial charge in [-0.2, -0.15) is 0 Å². The molecule has 1 N–H and O–H groups in total. The number of nitrogens with zero attached hydrogens (tertiary/aromatic N) is 1. The van der Waals surface area contributed by atoms with E-state index in [1.54, 1.807) is 7.11 Å². The van der Waals surface area contributed by atoms with Gasteiger partial charge in [-0.3, -0.25) is 4.90 Å². The van der Waals surface area contributed by atoms with Gasteiger partial charge in [-0.05, 0) is 24.8 Å². The largest absolute Gasteiger partial charge is 0.383 e. The fourth-order valence-corrected chi connectivity index (χ4v) is 3.24. The van der Waals surface area contributed by atoms with Gasteiger partial charge < -0.3 is 10.1 Å². The molecule has 1 saturated heterocycles. The highest BCUT2D eigenvalue weighted by Gasteiger charge is 2.32. The molecule has 21 heavy (non-hydrogen) atoms. The summed E-state index contributed by atoms with van der Waals surface area (Å²) in [7, 11) is 1.80. The predicted molar refractivity (Wildman–Crippen MR) is 88.6 cm³/mol. The lowest BCUT2D eigenvalue weighted by Gasteiger charge is -2.45. The van der Waals surface area contributed by atoms with E-state index in [0.29, 0.717) is 24.0 Å². The molecule has 0 spiro atoms. The topological polar surface area (TPSA) is 24.5 Å². The molecule has 3 nitrogen and oxygen atoms in total. The number of nitrogens with one attached hydrogen (secondary N) is 1. The fraction of sp³-hybridized carbons (Fsp3) is 0.667. The quantitative estimate of drug-likeness (QED) is 0.871. The molecule has 3 unspecified atom stereocenters. The van der Waals surface area contributed by atoms with Gasteiger partial charge in [0.2, 0.25) is 0 Å². The molecule has 1 aromatic carbocycles. The van der Waals surface area contributed by atoms with Gasteiger partial charge in [0, 0.05) is 38.3 Å². The van der Waals surface area contributed by atoms with Crippen LogP contribution in [0, 0.1) is 5.92 Å². The van der Waals surface area contributed by atoms with E-state index in [9.17, 15) is 0 Å². The number of hydrogen-bond acceptors (Lipinski definition) is 3. The summed E-state index contributed by atoms with van der Waals surface area (Å²) in [6, 6.07) is 12.4. The molecule has 1 heterocycles. The predicted octanol–water partition coefficient (Wildman–Crippen LogP) is 2.56. The zero-order chi connectivity index (χ0) is 15.2. The van der Waals surface area contributed by atoms with E-state index in [2.05, 4.69) is 61.3 Å². The van der Waals surface area contributed by atoms with Crippen LogP contribution in [0.3, 0.4) is 0 Å².